The summed E-state index contributed by atoms with van der Waals surface area (Å²) < 4.78 is 14.3. The zero-order valence-electron chi connectivity index (χ0n) is 12.0. The van der Waals surface area contributed by atoms with E-state index in [1.54, 1.807) is 6.07 Å². The predicted octanol–water partition coefficient (Wildman–Crippen LogP) is 4.71. The van der Waals surface area contributed by atoms with E-state index in [1.165, 1.54) is 22.8 Å². The molecule has 3 heteroatoms. The number of hydrogen-bond donors (Lipinski definition) is 1. The summed E-state index contributed by atoms with van der Waals surface area (Å²) in [6, 6.07) is 11.6. The first-order valence-electron chi connectivity index (χ1n) is 6.69. The average molecular weight is 336 g/mol. The van der Waals surface area contributed by atoms with E-state index in [4.69, 9.17) is 0 Å². The van der Waals surface area contributed by atoms with Gasteiger partial charge in [-0.15, -0.1) is 0 Å². The highest BCUT2D eigenvalue weighted by molar-refractivity contribution is 9.10. The Morgan fingerprint density at radius 2 is 1.85 bits per heavy atom. The number of hydrogen-bond acceptors (Lipinski definition) is 1. The second-order valence-electron chi connectivity index (χ2n) is 5.12. The third-order valence-electron chi connectivity index (χ3n) is 3.66. The molecule has 0 amide bonds. The van der Waals surface area contributed by atoms with Gasteiger partial charge in [0.15, 0.2) is 0 Å². The summed E-state index contributed by atoms with van der Waals surface area (Å²) in [5.74, 6) is -0.174. The van der Waals surface area contributed by atoms with Gasteiger partial charge in [-0.1, -0.05) is 34.1 Å². The number of likely N-dealkylation sites (N-methyl/N-ethyl adjacent to an activating group) is 1. The van der Waals surface area contributed by atoms with E-state index in [1.807, 2.05) is 20.0 Å². The fourth-order valence-corrected chi connectivity index (χ4v) is 2.63. The second kappa shape index (κ2) is 6.51. The molecule has 2 aromatic carbocycles. The summed E-state index contributed by atoms with van der Waals surface area (Å²) in [6.07, 6.45) is 0.851. The minimum absolute atomic E-state index is 0.174. The SMILES string of the molecule is CNC(Cc1ccc(F)cc1C)c1ccc(Br)c(C)c1. The van der Waals surface area contributed by atoms with Gasteiger partial charge in [0.1, 0.15) is 5.82 Å². The lowest BCUT2D eigenvalue weighted by Crippen LogP contribution is -2.19. The number of nitrogens with one attached hydrogen (secondary N) is 1. The maximum atomic E-state index is 13.2. The summed E-state index contributed by atoms with van der Waals surface area (Å²) in [4.78, 5) is 0. The molecule has 0 aromatic heterocycles. The van der Waals surface area contributed by atoms with Gasteiger partial charge in [-0.3, -0.25) is 0 Å². The van der Waals surface area contributed by atoms with Crippen LogP contribution in [0.2, 0.25) is 0 Å². The van der Waals surface area contributed by atoms with Crippen molar-refractivity contribution in [3.05, 3.63) is 68.9 Å². The molecule has 0 aliphatic rings. The highest BCUT2D eigenvalue weighted by Gasteiger charge is 2.12. The van der Waals surface area contributed by atoms with Crippen LogP contribution in [0, 0.1) is 19.7 Å². The van der Waals surface area contributed by atoms with E-state index >= 15 is 0 Å². The molecular weight excluding hydrogens is 317 g/mol. The smallest absolute Gasteiger partial charge is 0.123 e. The highest BCUT2D eigenvalue weighted by Crippen LogP contribution is 2.24. The number of halogens is 2. The van der Waals surface area contributed by atoms with Gasteiger partial charge in [0.2, 0.25) is 0 Å². The monoisotopic (exact) mass is 335 g/mol. The van der Waals surface area contributed by atoms with E-state index in [9.17, 15) is 4.39 Å². The number of rotatable bonds is 4. The van der Waals surface area contributed by atoms with Gasteiger partial charge >= 0.3 is 0 Å². The third-order valence-corrected chi connectivity index (χ3v) is 4.55. The summed E-state index contributed by atoms with van der Waals surface area (Å²) in [7, 11) is 1.96. The van der Waals surface area contributed by atoms with Crippen molar-refractivity contribution in [2.45, 2.75) is 26.3 Å². The van der Waals surface area contributed by atoms with Crippen LogP contribution in [0.25, 0.3) is 0 Å². The van der Waals surface area contributed by atoms with Gasteiger partial charge in [0.05, 0.1) is 0 Å². The van der Waals surface area contributed by atoms with Gasteiger partial charge in [-0.2, -0.15) is 0 Å². The van der Waals surface area contributed by atoms with E-state index in [-0.39, 0.29) is 11.9 Å². The van der Waals surface area contributed by atoms with Crippen LogP contribution in [0.15, 0.2) is 40.9 Å². The van der Waals surface area contributed by atoms with Gasteiger partial charge in [-0.25, -0.2) is 4.39 Å². The topological polar surface area (TPSA) is 12.0 Å². The highest BCUT2D eigenvalue weighted by atomic mass is 79.9. The van der Waals surface area contributed by atoms with Crippen LogP contribution in [0.5, 0.6) is 0 Å². The fourth-order valence-electron chi connectivity index (χ4n) is 2.38. The van der Waals surface area contributed by atoms with Crippen molar-refractivity contribution in [2.75, 3.05) is 7.05 Å². The van der Waals surface area contributed by atoms with Crippen molar-refractivity contribution in [1.29, 1.82) is 0 Å². The molecule has 0 heterocycles. The molecule has 2 rings (SSSR count). The minimum Gasteiger partial charge on any atom is -0.313 e. The van der Waals surface area contributed by atoms with Crippen molar-refractivity contribution in [3.8, 4) is 0 Å². The molecule has 0 fully saturated rings. The molecule has 1 atom stereocenters. The van der Waals surface area contributed by atoms with Crippen molar-refractivity contribution in [3.63, 3.8) is 0 Å². The fraction of sp³-hybridized carbons (Fsp3) is 0.294. The molecular formula is C17H19BrFN. The zero-order valence-corrected chi connectivity index (χ0v) is 13.6. The average Bonchev–Trinajstić information content (AvgIpc) is 2.41. The maximum absolute atomic E-state index is 13.2. The molecule has 0 saturated heterocycles. The van der Waals surface area contributed by atoms with Crippen LogP contribution < -0.4 is 5.32 Å². The van der Waals surface area contributed by atoms with Gasteiger partial charge in [-0.05, 0) is 67.8 Å². The number of benzene rings is 2. The van der Waals surface area contributed by atoms with E-state index in [2.05, 4.69) is 46.4 Å². The first-order valence-corrected chi connectivity index (χ1v) is 7.49. The van der Waals surface area contributed by atoms with E-state index in [0.717, 1.165) is 16.5 Å². The molecule has 1 N–H and O–H groups in total. The molecule has 1 unspecified atom stereocenters. The Labute approximate surface area is 128 Å². The molecule has 0 aliphatic carbocycles. The molecule has 0 spiro atoms. The van der Waals surface area contributed by atoms with Crippen LogP contribution in [0.3, 0.4) is 0 Å². The zero-order chi connectivity index (χ0) is 14.7. The maximum Gasteiger partial charge on any atom is 0.123 e. The van der Waals surface area contributed by atoms with Gasteiger partial charge in [0.25, 0.3) is 0 Å². The van der Waals surface area contributed by atoms with Crippen molar-refractivity contribution < 1.29 is 4.39 Å². The molecule has 20 heavy (non-hydrogen) atoms. The van der Waals surface area contributed by atoms with Gasteiger partial charge < -0.3 is 5.32 Å². The van der Waals surface area contributed by atoms with Crippen LogP contribution in [0.4, 0.5) is 4.39 Å². The first-order chi connectivity index (χ1) is 9.51. The van der Waals surface area contributed by atoms with E-state index in [0.29, 0.717) is 0 Å². The van der Waals surface area contributed by atoms with Crippen molar-refractivity contribution in [2.24, 2.45) is 0 Å². The van der Waals surface area contributed by atoms with Crippen LogP contribution in [-0.2, 0) is 6.42 Å². The Morgan fingerprint density at radius 3 is 2.45 bits per heavy atom. The van der Waals surface area contributed by atoms with Gasteiger partial charge in [0, 0.05) is 10.5 Å². The quantitative estimate of drug-likeness (QED) is 0.853. The normalized spacial score (nSPS) is 12.4. The van der Waals surface area contributed by atoms with Crippen LogP contribution in [-0.4, -0.2) is 7.05 Å². The second-order valence-corrected chi connectivity index (χ2v) is 5.98. The van der Waals surface area contributed by atoms with Crippen LogP contribution >= 0.6 is 15.9 Å². The molecule has 0 radical (unpaired) electrons. The summed E-state index contributed by atoms with van der Waals surface area (Å²) in [5.41, 5.74) is 4.64. The summed E-state index contributed by atoms with van der Waals surface area (Å²) in [5, 5.41) is 3.35. The Hall–Kier alpha value is -1.19. The predicted molar refractivity (Wildman–Crippen MR) is 85.5 cm³/mol. The molecule has 0 bridgehead atoms. The lowest BCUT2D eigenvalue weighted by molar-refractivity contribution is 0.586. The lowest BCUT2D eigenvalue weighted by Gasteiger charge is -2.19. The standard InChI is InChI=1S/C17H19BrFN/c1-11-9-15(19)6-4-13(11)10-17(20-3)14-5-7-16(18)12(2)8-14/h4-9,17,20H,10H2,1-3H3. The van der Waals surface area contributed by atoms with Crippen LogP contribution in [0.1, 0.15) is 28.3 Å². The summed E-state index contributed by atoms with van der Waals surface area (Å²) in [6.45, 7) is 4.04. The summed E-state index contributed by atoms with van der Waals surface area (Å²) >= 11 is 3.52. The van der Waals surface area contributed by atoms with Crippen molar-refractivity contribution >= 4 is 15.9 Å². The third kappa shape index (κ3) is 3.47. The largest absolute Gasteiger partial charge is 0.313 e. The molecule has 2 aromatic rings. The Balaban J connectivity index is 2.26. The Bertz CT molecular complexity index is 610. The Kier molecular flexibility index (Phi) is 4.95. The first kappa shape index (κ1) is 15.2. The minimum atomic E-state index is -0.174. The molecule has 0 saturated carbocycles. The molecule has 0 aliphatic heterocycles. The number of aryl methyl sites for hydroxylation is 2. The van der Waals surface area contributed by atoms with Crippen molar-refractivity contribution in [1.82, 2.24) is 5.32 Å². The van der Waals surface area contributed by atoms with E-state index < -0.39 is 0 Å². The Morgan fingerprint density at radius 1 is 1.10 bits per heavy atom. The lowest BCUT2D eigenvalue weighted by atomic mass is 9.95. The molecule has 1 nitrogen and oxygen atoms in total. The molecule has 106 valence electrons.